The van der Waals surface area contributed by atoms with E-state index in [0.717, 1.165) is 30.0 Å². The second-order valence-corrected chi connectivity index (χ2v) is 6.46. The maximum atomic E-state index is 12.4. The molecular formula is C21H26N2O2. The zero-order valence-corrected chi connectivity index (χ0v) is 15.0. The van der Waals surface area contributed by atoms with E-state index in [1.807, 2.05) is 32.0 Å². The van der Waals surface area contributed by atoms with E-state index in [1.54, 1.807) is 0 Å². The molecule has 4 heteroatoms. The summed E-state index contributed by atoms with van der Waals surface area (Å²) < 4.78 is 5.52. The average Bonchev–Trinajstić information content (AvgIpc) is 3.16. The molecule has 0 atom stereocenters. The Bertz CT molecular complexity index is 719. The number of anilines is 1. The molecule has 4 nitrogen and oxygen atoms in total. The molecule has 0 unspecified atom stereocenters. The Balaban J connectivity index is 1.57. The molecule has 2 aromatic carbocycles. The predicted octanol–water partition coefficient (Wildman–Crippen LogP) is 3.92. The molecule has 1 fully saturated rings. The molecule has 0 spiro atoms. The molecule has 2 aromatic rings. The molecular weight excluding hydrogens is 312 g/mol. The Hall–Kier alpha value is -2.49. The number of amides is 1. The average molecular weight is 338 g/mol. The minimum Gasteiger partial charge on any atom is -0.494 e. The number of carbonyl (C=O) groups is 1. The molecule has 1 aliphatic rings. The van der Waals surface area contributed by atoms with Crippen LogP contribution in [0.5, 0.6) is 5.75 Å². The molecule has 1 heterocycles. The Labute approximate surface area is 149 Å². The van der Waals surface area contributed by atoms with E-state index in [9.17, 15) is 4.79 Å². The van der Waals surface area contributed by atoms with E-state index in [1.165, 1.54) is 18.5 Å². The Morgan fingerprint density at radius 3 is 2.48 bits per heavy atom. The van der Waals surface area contributed by atoms with E-state index in [-0.39, 0.29) is 5.91 Å². The summed E-state index contributed by atoms with van der Waals surface area (Å²) in [6.07, 6.45) is 2.55. The van der Waals surface area contributed by atoms with Gasteiger partial charge < -0.3 is 15.0 Å². The highest BCUT2D eigenvalue weighted by molar-refractivity contribution is 5.94. The second kappa shape index (κ2) is 8.06. The maximum Gasteiger partial charge on any atom is 0.251 e. The third-order valence-corrected chi connectivity index (χ3v) is 4.60. The van der Waals surface area contributed by atoms with Gasteiger partial charge in [-0.25, -0.2) is 0 Å². The zero-order chi connectivity index (χ0) is 17.6. The number of hydrogen-bond acceptors (Lipinski definition) is 3. The van der Waals surface area contributed by atoms with Crippen LogP contribution >= 0.6 is 0 Å². The Morgan fingerprint density at radius 1 is 1.12 bits per heavy atom. The first kappa shape index (κ1) is 17.3. The molecule has 132 valence electrons. The van der Waals surface area contributed by atoms with Crippen LogP contribution in [0.2, 0.25) is 0 Å². The van der Waals surface area contributed by atoms with Crippen molar-refractivity contribution >= 4 is 11.6 Å². The van der Waals surface area contributed by atoms with Crippen molar-refractivity contribution in [2.75, 3.05) is 24.6 Å². The van der Waals surface area contributed by atoms with Crippen molar-refractivity contribution < 1.29 is 9.53 Å². The molecule has 0 saturated carbocycles. The van der Waals surface area contributed by atoms with Crippen LogP contribution in [0.25, 0.3) is 0 Å². The molecule has 0 bridgehead atoms. The number of aryl methyl sites for hydroxylation is 1. The lowest BCUT2D eigenvalue weighted by Gasteiger charge is -2.17. The third kappa shape index (κ3) is 4.32. The van der Waals surface area contributed by atoms with Crippen molar-refractivity contribution in [3.8, 4) is 5.75 Å². The first-order valence-corrected chi connectivity index (χ1v) is 9.03. The molecule has 1 amide bonds. The van der Waals surface area contributed by atoms with Crippen molar-refractivity contribution in [2.24, 2.45) is 0 Å². The molecule has 1 aliphatic heterocycles. The molecule has 1 saturated heterocycles. The highest BCUT2D eigenvalue weighted by Gasteiger charge is 2.12. The lowest BCUT2D eigenvalue weighted by atomic mass is 10.1. The van der Waals surface area contributed by atoms with Crippen LogP contribution in [0, 0.1) is 6.92 Å². The SMILES string of the molecule is CCOc1ccc(C(=O)NCc2ccc(N3CCCC3)cc2)cc1C. The monoisotopic (exact) mass is 338 g/mol. The predicted molar refractivity (Wildman–Crippen MR) is 101 cm³/mol. The fourth-order valence-corrected chi connectivity index (χ4v) is 3.19. The quantitative estimate of drug-likeness (QED) is 0.868. The number of nitrogens with one attached hydrogen (secondary N) is 1. The number of benzene rings is 2. The van der Waals surface area contributed by atoms with E-state index < -0.39 is 0 Å². The summed E-state index contributed by atoms with van der Waals surface area (Å²) in [4.78, 5) is 14.8. The van der Waals surface area contributed by atoms with E-state index >= 15 is 0 Å². The van der Waals surface area contributed by atoms with Gasteiger partial charge in [0, 0.05) is 30.9 Å². The van der Waals surface area contributed by atoms with Gasteiger partial charge in [-0.05, 0) is 68.1 Å². The second-order valence-electron chi connectivity index (χ2n) is 6.46. The van der Waals surface area contributed by atoms with Gasteiger partial charge in [0.05, 0.1) is 6.61 Å². The van der Waals surface area contributed by atoms with Gasteiger partial charge in [0.2, 0.25) is 0 Å². The van der Waals surface area contributed by atoms with Crippen molar-refractivity contribution in [3.05, 3.63) is 59.2 Å². The summed E-state index contributed by atoms with van der Waals surface area (Å²) in [6, 6.07) is 14.0. The van der Waals surface area contributed by atoms with Crippen molar-refractivity contribution in [1.82, 2.24) is 5.32 Å². The van der Waals surface area contributed by atoms with Gasteiger partial charge in [0.1, 0.15) is 5.75 Å². The van der Waals surface area contributed by atoms with E-state index in [4.69, 9.17) is 4.74 Å². The lowest BCUT2D eigenvalue weighted by molar-refractivity contribution is 0.0951. The van der Waals surface area contributed by atoms with Crippen molar-refractivity contribution in [1.29, 1.82) is 0 Å². The number of hydrogen-bond donors (Lipinski definition) is 1. The minimum atomic E-state index is -0.0604. The first-order chi connectivity index (χ1) is 12.2. The van der Waals surface area contributed by atoms with Gasteiger partial charge in [0.15, 0.2) is 0 Å². The van der Waals surface area contributed by atoms with Gasteiger partial charge in [0.25, 0.3) is 5.91 Å². The van der Waals surface area contributed by atoms with Crippen LogP contribution in [-0.2, 0) is 6.54 Å². The summed E-state index contributed by atoms with van der Waals surface area (Å²) in [7, 11) is 0. The summed E-state index contributed by atoms with van der Waals surface area (Å²) in [6.45, 7) is 7.36. The maximum absolute atomic E-state index is 12.4. The van der Waals surface area contributed by atoms with Crippen LogP contribution in [-0.4, -0.2) is 25.6 Å². The first-order valence-electron chi connectivity index (χ1n) is 9.03. The van der Waals surface area contributed by atoms with Gasteiger partial charge in [-0.15, -0.1) is 0 Å². The molecule has 0 radical (unpaired) electrons. The van der Waals surface area contributed by atoms with E-state index in [2.05, 4.69) is 34.5 Å². The summed E-state index contributed by atoms with van der Waals surface area (Å²) in [5.41, 5.74) is 4.02. The van der Waals surface area contributed by atoms with E-state index in [0.29, 0.717) is 18.7 Å². The van der Waals surface area contributed by atoms with Gasteiger partial charge in [-0.2, -0.15) is 0 Å². The fourth-order valence-electron chi connectivity index (χ4n) is 3.19. The fraction of sp³-hybridized carbons (Fsp3) is 0.381. The normalized spacial score (nSPS) is 13.8. The topological polar surface area (TPSA) is 41.6 Å². The molecule has 1 N–H and O–H groups in total. The summed E-state index contributed by atoms with van der Waals surface area (Å²) in [5, 5.41) is 2.99. The van der Waals surface area contributed by atoms with Crippen molar-refractivity contribution in [3.63, 3.8) is 0 Å². The largest absolute Gasteiger partial charge is 0.494 e. The van der Waals surface area contributed by atoms with Crippen LogP contribution in [0.15, 0.2) is 42.5 Å². The number of rotatable bonds is 6. The summed E-state index contributed by atoms with van der Waals surface area (Å²) in [5.74, 6) is 0.770. The highest BCUT2D eigenvalue weighted by atomic mass is 16.5. The lowest BCUT2D eigenvalue weighted by Crippen LogP contribution is -2.23. The van der Waals surface area contributed by atoms with Gasteiger partial charge >= 0.3 is 0 Å². The number of carbonyl (C=O) groups excluding carboxylic acids is 1. The zero-order valence-electron chi connectivity index (χ0n) is 15.0. The van der Waals surface area contributed by atoms with Crippen LogP contribution in [0.3, 0.4) is 0 Å². The number of ether oxygens (including phenoxy) is 1. The minimum absolute atomic E-state index is 0.0604. The summed E-state index contributed by atoms with van der Waals surface area (Å²) >= 11 is 0. The molecule has 0 aliphatic carbocycles. The standard InChI is InChI=1S/C21H26N2O2/c1-3-25-20-11-8-18(14-16(20)2)21(24)22-15-17-6-9-19(10-7-17)23-12-4-5-13-23/h6-11,14H,3-5,12-13,15H2,1-2H3,(H,22,24). The van der Waals surface area contributed by atoms with Gasteiger partial charge in [-0.3, -0.25) is 4.79 Å². The molecule has 0 aromatic heterocycles. The smallest absolute Gasteiger partial charge is 0.251 e. The third-order valence-electron chi connectivity index (χ3n) is 4.60. The van der Waals surface area contributed by atoms with Crippen LogP contribution in [0.1, 0.15) is 41.3 Å². The van der Waals surface area contributed by atoms with Gasteiger partial charge in [-0.1, -0.05) is 12.1 Å². The Kier molecular flexibility index (Phi) is 5.59. The Morgan fingerprint density at radius 2 is 1.84 bits per heavy atom. The van der Waals surface area contributed by atoms with Crippen LogP contribution < -0.4 is 15.0 Å². The van der Waals surface area contributed by atoms with Crippen molar-refractivity contribution in [2.45, 2.75) is 33.2 Å². The molecule has 25 heavy (non-hydrogen) atoms. The molecule has 3 rings (SSSR count). The van der Waals surface area contributed by atoms with Crippen LogP contribution in [0.4, 0.5) is 5.69 Å². The highest BCUT2D eigenvalue weighted by Crippen LogP contribution is 2.21. The number of nitrogens with zero attached hydrogens (tertiary/aromatic N) is 1.